The molecule has 2 amide bonds. The SMILES string of the molecule is C#C.C=CC1CC1(NC(=O)[C@@H]1CCCN1C(=O)CNC(=C)CC1CC1)C(=C)NC.CC(C)C. The smallest absolute Gasteiger partial charge is 0.243 e. The number of terminal acetylenes is 1. The first kappa shape index (κ1) is 28.4. The number of hydrogen-bond donors (Lipinski definition) is 3. The summed E-state index contributed by atoms with van der Waals surface area (Å²) in [7, 11) is 1.81. The fourth-order valence-corrected chi connectivity index (χ4v) is 4.05. The molecule has 3 aliphatic rings. The number of nitrogens with one attached hydrogen (secondary N) is 3. The Morgan fingerprint density at radius 1 is 1.18 bits per heavy atom. The summed E-state index contributed by atoms with van der Waals surface area (Å²) >= 11 is 0. The van der Waals surface area contributed by atoms with Gasteiger partial charge in [-0.15, -0.1) is 19.4 Å². The molecule has 2 unspecified atom stereocenters. The number of allylic oxidation sites excluding steroid dienone is 1. The second kappa shape index (κ2) is 13.1. The van der Waals surface area contributed by atoms with E-state index in [1.54, 1.807) is 11.9 Å². The average Bonchev–Trinajstić information content (AvgIpc) is 3.68. The highest BCUT2D eigenvalue weighted by atomic mass is 16.2. The van der Waals surface area contributed by atoms with E-state index in [9.17, 15) is 9.59 Å². The lowest BCUT2D eigenvalue weighted by atomic mass is 10.1. The molecular formula is C27H44N4O2. The molecule has 0 aromatic carbocycles. The van der Waals surface area contributed by atoms with E-state index in [1.807, 2.05) is 6.08 Å². The lowest BCUT2D eigenvalue weighted by Crippen LogP contribution is -2.53. The Labute approximate surface area is 201 Å². The Morgan fingerprint density at radius 2 is 1.79 bits per heavy atom. The highest BCUT2D eigenvalue weighted by Crippen LogP contribution is 2.48. The van der Waals surface area contributed by atoms with Crippen molar-refractivity contribution in [2.75, 3.05) is 20.1 Å². The molecule has 3 fully saturated rings. The van der Waals surface area contributed by atoms with Crippen molar-refractivity contribution in [2.24, 2.45) is 17.8 Å². The molecule has 3 rings (SSSR count). The number of likely N-dealkylation sites (N-methyl/N-ethyl adjacent to an activating group) is 1. The van der Waals surface area contributed by atoms with Crippen molar-refractivity contribution < 1.29 is 9.59 Å². The van der Waals surface area contributed by atoms with Crippen molar-refractivity contribution in [1.29, 1.82) is 0 Å². The van der Waals surface area contributed by atoms with Gasteiger partial charge in [0.25, 0.3) is 0 Å². The molecule has 3 atom stereocenters. The monoisotopic (exact) mass is 456 g/mol. The highest BCUT2D eigenvalue weighted by molar-refractivity contribution is 5.90. The van der Waals surface area contributed by atoms with E-state index in [1.165, 1.54) is 12.8 Å². The Morgan fingerprint density at radius 3 is 2.27 bits per heavy atom. The van der Waals surface area contributed by atoms with Gasteiger partial charge in [-0.2, -0.15) is 0 Å². The van der Waals surface area contributed by atoms with Crippen LogP contribution in [0.2, 0.25) is 0 Å². The van der Waals surface area contributed by atoms with Crippen LogP contribution >= 0.6 is 0 Å². The highest BCUT2D eigenvalue weighted by Gasteiger charge is 2.56. The van der Waals surface area contributed by atoms with Crippen LogP contribution in [-0.4, -0.2) is 48.4 Å². The maximum atomic E-state index is 12.9. The predicted molar refractivity (Wildman–Crippen MR) is 137 cm³/mol. The summed E-state index contributed by atoms with van der Waals surface area (Å²) in [6, 6.07) is -0.413. The zero-order valence-corrected chi connectivity index (χ0v) is 21.1. The molecule has 184 valence electrons. The third-order valence-electron chi connectivity index (χ3n) is 6.08. The minimum absolute atomic E-state index is 0.0397. The summed E-state index contributed by atoms with van der Waals surface area (Å²) in [4.78, 5) is 27.3. The minimum Gasteiger partial charge on any atom is -0.390 e. The molecule has 0 bridgehead atoms. The van der Waals surface area contributed by atoms with E-state index in [0.717, 1.165) is 42.5 Å². The van der Waals surface area contributed by atoms with Gasteiger partial charge in [-0.25, -0.2) is 0 Å². The van der Waals surface area contributed by atoms with Crippen LogP contribution in [0.1, 0.15) is 59.3 Å². The summed E-state index contributed by atoms with van der Waals surface area (Å²) < 4.78 is 0. The number of amides is 2. The van der Waals surface area contributed by atoms with Gasteiger partial charge >= 0.3 is 0 Å². The molecule has 0 aromatic rings. The first-order valence-corrected chi connectivity index (χ1v) is 12.0. The number of carbonyl (C=O) groups is 2. The lowest BCUT2D eigenvalue weighted by molar-refractivity contribution is -0.138. The Balaban J connectivity index is 0.000000820. The summed E-state index contributed by atoms with van der Waals surface area (Å²) in [5.74, 6) is 1.61. The van der Waals surface area contributed by atoms with Crippen LogP contribution in [0.3, 0.4) is 0 Å². The van der Waals surface area contributed by atoms with E-state index in [2.05, 4.69) is 69.3 Å². The molecule has 6 nitrogen and oxygen atoms in total. The van der Waals surface area contributed by atoms with E-state index in [4.69, 9.17) is 0 Å². The van der Waals surface area contributed by atoms with Crippen molar-refractivity contribution in [3.05, 3.63) is 37.2 Å². The van der Waals surface area contributed by atoms with Gasteiger partial charge in [0.2, 0.25) is 11.8 Å². The maximum Gasteiger partial charge on any atom is 0.243 e. The van der Waals surface area contributed by atoms with Gasteiger partial charge in [-0.3, -0.25) is 9.59 Å². The second-order valence-corrected chi connectivity index (χ2v) is 9.82. The molecule has 2 saturated carbocycles. The molecule has 1 aliphatic heterocycles. The Bertz CT molecular complexity index is 735. The third-order valence-corrected chi connectivity index (χ3v) is 6.08. The van der Waals surface area contributed by atoms with Gasteiger partial charge in [-0.05, 0) is 50.4 Å². The van der Waals surface area contributed by atoms with E-state index < -0.39 is 11.6 Å². The summed E-state index contributed by atoms with van der Waals surface area (Å²) in [6.45, 7) is 19.2. The Kier molecular flexibility index (Phi) is 11.3. The number of hydrogen-bond acceptors (Lipinski definition) is 4. The zero-order chi connectivity index (χ0) is 25.2. The fourth-order valence-electron chi connectivity index (χ4n) is 4.05. The molecule has 2 aliphatic carbocycles. The average molecular weight is 457 g/mol. The Hall–Kier alpha value is -2.68. The van der Waals surface area contributed by atoms with E-state index in [-0.39, 0.29) is 24.3 Å². The number of rotatable bonds is 10. The van der Waals surface area contributed by atoms with Crippen molar-refractivity contribution in [3.63, 3.8) is 0 Å². The molecule has 3 N–H and O–H groups in total. The van der Waals surface area contributed by atoms with Crippen LogP contribution in [0.25, 0.3) is 0 Å². The lowest BCUT2D eigenvalue weighted by Gasteiger charge is -2.28. The van der Waals surface area contributed by atoms with Crippen LogP contribution in [0.4, 0.5) is 0 Å². The molecule has 33 heavy (non-hydrogen) atoms. The molecule has 0 spiro atoms. The van der Waals surface area contributed by atoms with E-state index in [0.29, 0.717) is 13.0 Å². The first-order valence-electron chi connectivity index (χ1n) is 12.0. The summed E-state index contributed by atoms with van der Waals surface area (Å²) in [5.41, 5.74) is 1.23. The molecule has 0 aromatic heterocycles. The molecule has 6 heteroatoms. The molecule has 0 radical (unpaired) electrons. The van der Waals surface area contributed by atoms with Crippen LogP contribution in [-0.2, 0) is 9.59 Å². The molecule has 1 heterocycles. The standard InChI is InChI=1S/C21H32N4O2.C4H10.C2H2/c1-5-17-12-21(17,15(3)22-4)24-20(27)18-7-6-10-25(18)19(26)13-23-14(2)11-16-8-9-16;1-4(2)3;1-2/h5,16-18,22-23H,1-3,6-13H2,4H3,(H,24,27);4H,1-3H3;1-2H/t17?,18-,21?;;/m0../s1. The molecular weight excluding hydrogens is 412 g/mol. The zero-order valence-electron chi connectivity index (χ0n) is 21.1. The van der Waals surface area contributed by atoms with Crippen molar-refractivity contribution >= 4 is 11.8 Å². The maximum absolute atomic E-state index is 12.9. The van der Waals surface area contributed by atoms with Crippen LogP contribution < -0.4 is 16.0 Å². The number of likely N-dealkylation sites (tertiary alicyclic amines) is 1. The normalized spacial score (nSPS) is 24.9. The van der Waals surface area contributed by atoms with Crippen LogP contribution in [0.5, 0.6) is 0 Å². The van der Waals surface area contributed by atoms with Gasteiger partial charge in [0.15, 0.2) is 0 Å². The van der Waals surface area contributed by atoms with E-state index >= 15 is 0 Å². The number of carbonyl (C=O) groups excluding carboxylic acids is 2. The topological polar surface area (TPSA) is 73.5 Å². The largest absolute Gasteiger partial charge is 0.390 e. The van der Waals surface area contributed by atoms with Crippen molar-refractivity contribution in [1.82, 2.24) is 20.9 Å². The third kappa shape index (κ3) is 8.31. The van der Waals surface area contributed by atoms with Crippen LogP contribution in [0, 0.1) is 30.6 Å². The van der Waals surface area contributed by atoms with Gasteiger partial charge < -0.3 is 20.9 Å². The van der Waals surface area contributed by atoms with Crippen molar-refractivity contribution in [3.8, 4) is 12.8 Å². The van der Waals surface area contributed by atoms with Gasteiger partial charge in [-0.1, -0.05) is 40.0 Å². The van der Waals surface area contributed by atoms with Gasteiger partial charge in [0.05, 0.1) is 12.1 Å². The second-order valence-electron chi connectivity index (χ2n) is 9.82. The summed E-state index contributed by atoms with van der Waals surface area (Å²) in [6.07, 6.45) is 15.7. The number of nitrogens with zero attached hydrogens (tertiary/aromatic N) is 1. The van der Waals surface area contributed by atoms with Gasteiger partial charge in [0.1, 0.15) is 6.04 Å². The molecule has 1 saturated heterocycles. The van der Waals surface area contributed by atoms with Crippen molar-refractivity contribution in [2.45, 2.75) is 70.9 Å². The van der Waals surface area contributed by atoms with Crippen LogP contribution in [0.15, 0.2) is 37.2 Å². The van der Waals surface area contributed by atoms with Gasteiger partial charge in [0, 0.05) is 30.9 Å². The first-order chi connectivity index (χ1) is 15.6. The summed E-state index contributed by atoms with van der Waals surface area (Å²) in [5, 5.41) is 9.34. The quantitative estimate of drug-likeness (QED) is 0.347. The fraction of sp³-hybridized carbons (Fsp3) is 0.630. The predicted octanol–water partition coefficient (Wildman–Crippen LogP) is 3.59. The minimum atomic E-state index is -0.471.